The number of fused-ring (bicyclic) bond motifs is 1. The Morgan fingerprint density at radius 3 is 2.90 bits per heavy atom. The van der Waals surface area contributed by atoms with E-state index in [1.165, 1.54) is 30.0 Å². The van der Waals surface area contributed by atoms with E-state index in [0.717, 1.165) is 12.8 Å². The quantitative estimate of drug-likeness (QED) is 0.307. The van der Waals surface area contributed by atoms with Crippen molar-refractivity contribution >= 4 is 40.2 Å². The van der Waals surface area contributed by atoms with Crippen LogP contribution in [-0.2, 0) is 11.3 Å². The Morgan fingerprint density at radius 1 is 1.32 bits per heavy atom. The Kier molecular flexibility index (Phi) is 6.80. The van der Waals surface area contributed by atoms with Gasteiger partial charge in [0.25, 0.3) is 5.56 Å². The summed E-state index contributed by atoms with van der Waals surface area (Å²) in [7, 11) is 0. The maximum atomic E-state index is 13.2. The molecule has 0 bridgehead atoms. The lowest BCUT2D eigenvalue weighted by atomic mass is 10.1. The largest absolute Gasteiger partial charge is 0.491 e. The van der Waals surface area contributed by atoms with E-state index < -0.39 is 5.97 Å². The van der Waals surface area contributed by atoms with E-state index >= 15 is 0 Å². The lowest BCUT2D eigenvalue weighted by Gasteiger charge is -2.17. The standard InChI is InChI=1S/C22H21ClN2O5S/c23-17-5-1-2-6-19(17)30-10-11-31-22-24-18-12-14(21(27)28)7-8-16(18)20(26)25(22)13-15-4-3-9-29-15/h1-2,5-8,12,15H,3-4,9-11,13H2,(H,27,28). The molecule has 31 heavy (non-hydrogen) atoms. The summed E-state index contributed by atoms with van der Waals surface area (Å²) in [6.45, 7) is 1.48. The lowest BCUT2D eigenvalue weighted by molar-refractivity contribution is 0.0697. The van der Waals surface area contributed by atoms with Gasteiger partial charge in [-0.3, -0.25) is 9.36 Å². The number of aromatic carboxylic acids is 1. The van der Waals surface area contributed by atoms with E-state index in [9.17, 15) is 14.7 Å². The highest BCUT2D eigenvalue weighted by molar-refractivity contribution is 7.99. The first kappa shape index (κ1) is 21.7. The third kappa shape index (κ3) is 5.03. The Morgan fingerprint density at radius 2 is 2.16 bits per heavy atom. The van der Waals surface area contributed by atoms with E-state index in [-0.39, 0.29) is 17.2 Å². The molecular weight excluding hydrogens is 440 g/mol. The van der Waals surface area contributed by atoms with Gasteiger partial charge in [0.1, 0.15) is 5.75 Å². The zero-order valence-electron chi connectivity index (χ0n) is 16.6. The van der Waals surface area contributed by atoms with Crippen molar-refractivity contribution in [1.29, 1.82) is 0 Å². The predicted octanol–water partition coefficient (Wildman–Crippen LogP) is 4.10. The summed E-state index contributed by atoms with van der Waals surface area (Å²) < 4.78 is 13.1. The van der Waals surface area contributed by atoms with Crippen LogP contribution in [0.2, 0.25) is 5.02 Å². The summed E-state index contributed by atoms with van der Waals surface area (Å²) in [6.07, 6.45) is 1.83. The fraction of sp³-hybridized carbons (Fsp3) is 0.318. The average Bonchev–Trinajstić information content (AvgIpc) is 3.27. The van der Waals surface area contributed by atoms with Crippen LogP contribution in [0.4, 0.5) is 0 Å². The van der Waals surface area contributed by atoms with Crippen LogP contribution in [0.5, 0.6) is 5.75 Å². The molecule has 1 unspecified atom stereocenters. The molecule has 2 heterocycles. The van der Waals surface area contributed by atoms with Crippen LogP contribution in [0.15, 0.2) is 52.4 Å². The number of aromatic nitrogens is 2. The minimum atomic E-state index is -1.06. The number of para-hydroxylation sites is 1. The van der Waals surface area contributed by atoms with Gasteiger partial charge in [-0.05, 0) is 43.2 Å². The minimum Gasteiger partial charge on any atom is -0.491 e. The summed E-state index contributed by atoms with van der Waals surface area (Å²) in [4.78, 5) is 29.1. The van der Waals surface area contributed by atoms with Crippen molar-refractivity contribution in [2.24, 2.45) is 0 Å². The van der Waals surface area contributed by atoms with E-state index in [1.807, 2.05) is 12.1 Å². The lowest BCUT2D eigenvalue weighted by Crippen LogP contribution is -2.29. The number of hydrogen-bond acceptors (Lipinski definition) is 6. The number of hydrogen-bond donors (Lipinski definition) is 1. The average molecular weight is 461 g/mol. The number of nitrogens with zero attached hydrogens (tertiary/aromatic N) is 2. The van der Waals surface area contributed by atoms with E-state index in [1.54, 1.807) is 16.7 Å². The van der Waals surface area contributed by atoms with E-state index in [0.29, 0.717) is 52.3 Å². The third-order valence-corrected chi connectivity index (χ3v) is 6.24. The van der Waals surface area contributed by atoms with Crippen LogP contribution in [0, 0.1) is 0 Å². The number of benzene rings is 2. The number of ether oxygens (including phenoxy) is 2. The minimum absolute atomic E-state index is 0.0334. The molecule has 9 heteroatoms. The highest BCUT2D eigenvalue weighted by Crippen LogP contribution is 2.25. The van der Waals surface area contributed by atoms with Gasteiger partial charge in [-0.15, -0.1) is 0 Å². The fourth-order valence-corrected chi connectivity index (χ4v) is 4.46. The zero-order valence-corrected chi connectivity index (χ0v) is 18.2. The number of carboxylic acid groups (broad SMARTS) is 1. The van der Waals surface area contributed by atoms with Crippen molar-refractivity contribution in [3.05, 3.63) is 63.4 Å². The molecule has 1 atom stereocenters. The normalized spacial score (nSPS) is 16.0. The molecule has 1 aliphatic rings. The summed E-state index contributed by atoms with van der Waals surface area (Å²) in [5, 5.41) is 10.7. The second kappa shape index (κ2) is 9.72. The van der Waals surface area contributed by atoms with Crippen LogP contribution < -0.4 is 10.3 Å². The summed E-state index contributed by atoms with van der Waals surface area (Å²) in [5.41, 5.74) is 0.254. The van der Waals surface area contributed by atoms with Crippen molar-refractivity contribution in [2.45, 2.75) is 30.6 Å². The topological polar surface area (TPSA) is 90.7 Å². The van der Waals surface area contributed by atoms with Crippen molar-refractivity contribution < 1.29 is 19.4 Å². The van der Waals surface area contributed by atoms with Crippen LogP contribution in [0.25, 0.3) is 10.9 Å². The van der Waals surface area contributed by atoms with Crippen LogP contribution >= 0.6 is 23.4 Å². The summed E-state index contributed by atoms with van der Waals surface area (Å²) in [6, 6.07) is 11.6. The van der Waals surface area contributed by atoms with Gasteiger partial charge in [0.2, 0.25) is 0 Å². The number of carbonyl (C=O) groups is 1. The molecule has 0 spiro atoms. The third-order valence-electron chi connectivity index (χ3n) is 4.99. The fourth-order valence-electron chi connectivity index (χ4n) is 3.44. The molecule has 1 saturated heterocycles. The van der Waals surface area contributed by atoms with Gasteiger partial charge in [-0.2, -0.15) is 0 Å². The van der Waals surface area contributed by atoms with Gasteiger partial charge < -0.3 is 14.6 Å². The number of rotatable bonds is 8. The van der Waals surface area contributed by atoms with Crippen molar-refractivity contribution in [3.8, 4) is 5.75 Å². The summed E-state index contributed by atoms with van der Waals surface area (Å²) >= 11 is 7.50. The van der Waals surface area contributed by atoms with E-state index in [2.05, 4.69) is 4.98 Å². The molecule has 1 aliphatic heterocycles. The molecule has 1 N–H and O–H groups in total. The van der Waals surface area contributed by atoms with Gasteiger partial charge in [0.15, 0.2) is 5.16 Å². The Balaban J connectivity index is 1.59. The summed E-state index contributed by atoms with van der Waals surface area (Å²) in [5.74, 6) is 0.0708. The van der Waals surface area contributed by atoms with Crippen LogP contribution in [0.1, 0.15) is 23.2 Å². The molecule has 0 radical (unpaired) electrons. The highest BCUT2D eigenvalue weighted by atomic mass is 35.5. The van der Waals surface area contributed by atoms with Gasteiger partial charge >= 0.3 is 5.97 Å². The van der Waals surface area contributed by atoms with Crippen molar-refractivity contribution in [3.63, 3.8) is 0 Å². The first-order valence-electron chi connectivity index (χ1n) is 9.92. The second-order valence-electron chi connectivity index (χ2n) is 7.11. The van der Waals surface area contributed by atoms with Crippen LogP contribution in [0.3, 0.4) is 0 Å². The zero-order chi connectivity index (χ0) is 21.8. The smallest absolute Gasteiger partial charge is 0.335 e. The van der Waals surface area contributed by atoms with E-state index in [4.69, 9.17) is 21.1 Å². The Bertz CT molecular complexity index is 1160. The molecule has 2 aromatic carbocycles. The van der Waals surface area contributed by atoms with Crippen LogP contribution in [-0.4, -0.2) is 45.7 Å². The number of thioether (sulfide) groups is 1. The molecule has 1 aromatic heterocycles. The second-order valence-corrected chi connectivity index (χ2v) is 8.58. The molecule has 0 saturated carbocycles. The molecule has 0 amide bonds. The van der Waals surface area contributed by atoms with Gasteiger partial charge in [-0.25, -0.2) is 9.78 Å². The maximum absolute atomic E-state index is 13.2. The predicted molar refractivity (Wildman–Crippen MR) is 120 cm³/mol. The first-order valence-corrected chi connectivity index (χ1v) is 11.3. The molecule has 3 aromatic rings. The highest BCUT2D eigenvalue weighted by Gasteiger charge is 2.20. The van der Waals surface area contributed by atoms with Gasteiger partial charge in [0, 0.05) is 12.4 Å². The Hall–Kier alpha value is -2.55. The monoisotopic (exact) mass is 460 g/mol. The molecule has 0 aliphatic carbocycles. The molecule has 7 nitrogen and oxygen atoms in total. The SMILES string of the molecule is O=C(O)c1ccc2c(=O)n(CC3CCCO3)c(SCCOc3ccccc3Cl)nc2c1. The first-order chi connectivity index (χ1) is 15.0. The number of carboxylic acids is 1. The van der Waals surface area contributed by atoms with Gasteiger partial charge in [0.05, 0.1) is 40.7 Å². The van der Waals surface area contributed by atoms with Gasteiger partial charge in [-0.1, -0.05) is 35.5 Å². The van der Waals surface area contributed by atoms with Crippen molar-refractivity contribution in [2.75, 3.05) is 19.0 Å². The number of halogens is 1. The molecule has 4 rings (SSSR count). The Labute approximate surface area is 188 Å². The van der Waals surface area contributed by atoms with Crippen molar-refractivity contribution in [1.82, 2.24) is 9.55 Å². The molecule has 162 valence electrons. The maximum Gasteiger partial charge on any atom is 0.335 e. The molecule has 1 fully saturated rings. The molecular formula is C22H21ClN2O5S.